The maximum atomic E-state index is 13.1. The Hall–Kier alpha value is -2.97. The molecule has 12 nitrogen and oxygen atoms in total. The van der Waals surface area contributed by atoms with Gasteiger partial charge < -0.3 is 37.0 Å². The Morgan fingerprint density at radius 3 is 1.70 bits per heavy atom. The molecule has 14 heteroatoms. The summed E-state index contributed by atoms with van der Waals surface area (Å²) in [6.45, 7) is 0. The van der Waals surface area contributed by atoms with Crippen LogP contribution in [0.4, 0.5) is 0 Å². The number of carbonyl (C=O) groups excluding carboxylic acids is 3. The fraction of sp³-hybridized carbons (Fsp3) is 0.522. The number of benzene rings is 1. The van der Waals surface area contributed by atoms with Crippen molar-refractivity contribution in [1.82, 2.24) is 16.0 Å². The second kappa shape index (κ2) is 16.7. The van der Waals surface area contributed by atoms with Crippen molar-refractivity contribution in [3.8, 4) is 5.75 Å². The third kappa shape index (κ3) is 12.2. The molecule has 0 saturated heterocycles. The van der Waals surface area contributed by atoms with Crippen LogP contribution in [0.3, 0.4) is 0 Å². The van der Waals surface area contributed by atoms with Crippen molar-refractivity contribution in [3.63, 3.8) is 0 Å². The smallest absolute Gasteiger partial charge is 0.326 e. The molecule has 206 valence electrons. The highest BCUT2D eigenvalue weighted by Crippen LogP contribution is 2.11. The third-order valence-electron chi connectivity index (χ3n) is 5.21. The number of phenolic OH excluding ortho intramolecular Hbond substituents is 1. The van der Waals surface area contributed by atoms with Gasteiger partial charge in [0.1, 0.15) is 23.9 Å². The van der Waals surface area contributed by atoms with Gasteiger partial charge in [0.25, 0.3) is 0 Å². The Labute approximate surface area is 223 Å². The van der Waals surface area contributed by atoms with Crippen LogP contribution in [-0.2, 0) is 30.4 Å². The molecule has 1 aromatic rings. The largest absolute Gasteiger partial charge is 0.508 e. The SMILES string of the molecule is CSCCC(NC(=O)C(N)Cc1ccc(O)cc1)C(=O)NC(CCSC)C(=O)NC(CC(=O)O)C(=O)O. The Balaban J connectivity index is 2.93. The molecule has 8 N–H and O–H groups in total. The number of carboxylic acid groups (broad SMARTS) is 2. The van der Waals surface area contributed by atoms with Crippen LogP contribution in [0.5, 0.6) is 5.75 Å². The summed E-state index contributed by atoms with van der Waals surface area (Å²) in [5.74, 6) is -3.93. The summed E-state index contributed by atoms with van der Waals surface area (Å²) >= 11 is 2.86. The summed E-state index contributed by atoms with van der Waals surface area (Å²) in [4.78, 5) is 60.9. The number of hydrogen-bond acceptors (Lipinski definition) is 9. The Kier molecular flexibility index (Phi) is 14.5. The van der Waals surface area contributed by atoms with Gasteiger partial charge in [-0.2, -0.15) is 23.5 Å². The maximum Gasteiger partial charge on any atom is 0.326 e. The monoisotopic (exact) mass is 558 g/mol. The quantitative estimate of drug-likeness (QED) is 0.133. The van der Waals surface area contributed by atoms with Crippen LogP contribution in [0.2, 0.25) is 0 Å². The molecular formula is C23H34N4O8S2. The number of amides is 3. The Morgan fingerprint density at radius 2 is 1.27 bits per heavy atom. The molecule has 0 radical (unpaired) electrons. The average molecular weight is 559 g/mol. The average Bonchev–Trinajstić information content (AvgIpc) is 2.84. The van der Waals surface area contributed by atoms with Crippen molar-refractivity contribution in [2.45, 2.75) is 49.9 Å². The molecule has 0 spiro atoms. The number of rotatable bonds is 17. The summed E-state index contributed by atoms with van der Waals surface area (Å²) < 4.78 is 0. The first-order valence-electron chi connectivity index (χ1n) is 11.4. The molecule has 0 aliphatic carbocycles. The second-order valence-corrected chi connectivity index (χ2v) is 10.1. The minimum Gasteiger partial charge on any atom is -0.508 e. The zero-order valence-corrected chi connectivity index (χ0v) is 22.3. The summed E-state index contributed by atoms with van der Waals surface area (Å²) in [7, 11) is 0. The van der Waals surface area contributed by atoms with Crippen molar-refractivity contribution in [3.05, 3.63) is 29.8 Å². The van der Waals surface area contributed by atoms with Crippen LogP contribution >= 0.6 is 23.5 Å². The summed E-state index contributed by atoms with van der Waals surface area (Å²) in [5, 5.41) is 34.9. The Bertz CT molecular complexity index is 932. The number of hydrogen-bond donors (Lipinski definition) is 7. The molecule has 0 fully saturated rings. The number of carboxylic acids is 2. The molecule has 0 aromatic heterocycles. The molecular weight excluding hydrogens is 524 g/mol. The predicted molar refractivity (Wildman–Crippen MR) is 141 cm³/mol. The van der Waals surface area contributed by atoms with Gasteiger partial charge in [-0.05, 0) is 61.0 Å². The second-order valence-electron chi connectivity index (χ2n) is 8.16. The van der Waals surface area contributed by atoms with Crippen LogP contribution < -0.4 is 21.7 Å². The van der Waals surface area contributed by atoms with Crippen LogP contribution in [0.1, 0.15) is 24.8 Å². The van der Waals surface area contributed by atoms with Gasteiger partial charge in [0.15, 0.2) is 0 Å². The van der Waals surface area contributed by atoms with Gasteiger partial charge in [-0.25, -0.2) is 4.79 Å². The fourth-order valence-corrected chi connectivity index (χ4v) is 4.13. The van der Waals surface area contributed by atoms with Crippen molar-refractivity contribution in [2.75, 3.05) is 24.0 Å². The van der Waals surface area contributed by atoms with Crippen LogP contribution in [0.15, 0.2) is 24.3 Å². The molecule has 1 rings (SSSR count). The van der Waals surface area contributed by atoms with E-state index in [2.05, 4.69) is 16.0 Å². The molecule has 0 heterocycles. The Morgan fingerprint density at radius 1 is 0.811 bits per heavy atom. The van der Waals surface area contributed by atoms with E-state index in [-0.39, 0.29) is 25.0 Å². The van der Waals surface area contributed by atoms with Crippen LogP contribution in [-0.4, -0.2) is 93.2 Å². The minimum atomic E-state index is -1.66. The summed E-state index contributed by atoms with van der Waals surface area (Å²) in [5.41, 5.74) is 6.74. The number of thioether (sulfide) groups is 2. The van der Waals surface area contributed by atoms with E-state index in [0.29, 0.717) is 17.1 Å². The van der Waals surface area contributed by atoms with Crippen molar-refractivity contribution in [1.29, 1.82) is 0 Å². The molecule has 0 aliphatic rings. The van der Waals surface area contributed by atoms with E-state index in [1.165, 1.54) is 35.7 Å². The topological polar surface area (TPSA) is 208 Å². The van der Waals surface area contributed by atoms with E-state index in [1.807, 2.05) is 6.26 Å². The maximum absolute atomic E-state index is 13.1. The van der Waals surface area contributed by atoms with Gasteiger partial charge in [-0.1, -0.05) is 12.1 Å². The summed E-state index contributed by atoms with van der Waals surface area (Å²) in [6, 6.07) is 1.41. The lowest BCUT2D eigenvalue weighted by atomic mass is 10.0. The predicted octanol–water partition coefficient (Wildman–Crippen LogP) is -0.218. The molecule has 1 aromatic carbocycles. The van der Waals surface area contributed by atoms with Gasteiger partial charge >= 0.3 is 11.9 Å². The van der Waals surface area contributed by atoms with E-state index >= 15 is 0 Å². The molecule has 3 amide bonds. The number of nitrogens with one attached hydrogen (secondary N) is 3. The summed E-state index contributed by atoms with van der Waals surface area (Å²) in [6.07, 6.45) is 3.37. The highest BCUT2D eigenvalue weighted by atomic mass is 32.2. The minimum absolute atomic E-state index is 0.0771. The lowest BCUT2D eigenvalue weighted by molar-refractivity contribution is -0.147. The van der Waals surface area contributed by atoms with Crippen LogP contribution in [0, 0.1) is 0 Å². The number of aliphatic carboxylic acids is 2. The van der Waals surface area contributed by atoms with Gasteiger partial charge in [0.2, 0.25) is 17.7 Å². The molecule has 0 aliphatic heterocycles. The van der Waals surface area contributed by atoms with Gasteiger partial charge in [-0.15, -0.1) is 0 Å². The van der Waals surface area contributed by atoms with Crippen molar-refractivity contribution >= 4 is 53.2 Å². The fourth-order valence-electron chi connectivity index (χ4n) is 3.19. The molecule has 4 atom stereocenters. The van der Waals surface area contributed by atoms with Gasteiger partial charge in [0, 0.05) is 0 Å². The highest BCUT2D eigenvalue weighted by molar-refractivity contribution is 7.98. The lowest BCUT2D eigenvalue weighted by Gasteiger charge is -2.25. The first-order chi connectivity index (χ1) is 17.5. The van der Waals surface area contributed by atoms with E-state index in [1.54, 1.807) is 18.4 Å². The van der Waals surface area contributed by atoms with E-state index in [0.717, 1.165) is 0 Å². The molecule has 0 saturated carbocycles. The highest BCUT2D eigenvalue weighted by Gasteiger charge is 2.30. The van der Waals surface area contributed by atoms with Crippen molar-refractivity contribution < 1.29 is 39.3 Å². The third-order valence-corrected chi connectivity index (χ3v) is 6.50. The first-order valence-corrected chi connectivity index (χ1v) is 14.1. The number of aromatic hydroxyl groups is 1. The van der Waals surface area contributed by atoms with E-state index in [9.17, 15) is 34.2 Å². The number of carbonyl (C=O) groups is 5. The first kappa shape index (κ1) is 32.1. The molecule has 0 bridgehead atoms. The van der Waals surface area contributed by atoms with Gasteiger partial charge in [0.05, 0.1) is 12.5 Å². The molecule has 4 unspecified atom stereocenters. The zero-order chi connectivity index (χ0) is 28.0. The zero-order valence-electron chi connectivity index (χ0n) is 20.6. The van der Waals surface area contributed by atoms with Crippen LogP contribution in [0.25, 0.3) is 0 Å². The lowest BCUT2D eigenvalue weighted by Crippen LogP contribution is -2.57. The standard InChI is InChI=1S/C23H34N4O8S2/c1-36-9-7-16(25-20(31)15(24)11-13-3-5-14(28)6-4-13)21(32)26-17(8-10-37-2)22(33)27-18(23(34)35)12-19(29)30/h3-6,15-18,28H,7-12,24H2,1-2H3,(H,25,31)(H,26,32)(H,27,33)(H,29,30)(H,34,35). The normalized spacial score (nSPS) is 14.0. The van der Waals surface area contributed by atoms with Gasteiger partial charge in [-0.3, -0.25) is 19.2 Å². The number of phenols is 1. The van der Waals surface area contributed by atoms with Crippen molar-refractivity contribution in [2.24, 2.45) is 5.73 Å². The van der Waals surface area contributed by atoms with E-state index in [4.69, 9.17) is 10.8 Å². The molecule has 37 heavy (non-hydrogen) atoms. The van der Waals surface area contributed by atoms with E-state index < -0.39 is 60.2 Å². The number of nitrogens with two attached hydrogens (primary N) is 1.